The van der Waals surface area contributed by atoms with E-state index in [0.717, 1.165) is 13.1 Å². The Morgan fingerprint density at radius 3 is 2.42 bits per heavy atom. The second-order valence-corrected chi connectivity index (χ2v) is 5.19. The van der Waals surface area contributed by atoms with Crippen LogP contribution in [-0.4, -0.2) is 55.2 Å². The number of Topliss-reactive ketones (excluding diaryl/α,β-unsaturated/α-hetero) is 1. The molecule has 0 spiro atoms. The van der Waals surface area contributed by atoms with Crippen LogP contribution in [0.15, 0.2) is 24.3 Å². The Hall–Kier alpha value is -1.68. The van der Waals surface area contributed by atoms with E-state index in [4.69, 9.17) is 0 Å². The molecule has 0 aliphatic carbocycles. The summed E-state index contributed by atoms with van der Waals surface area (Å²) in [5.74, 6) is 0.0196. The summed E-state index contributed by atoms with van der Waals surface area (Å²) in [6.45, 7) is 2.46. The number of likely N-dealkylation sites (tertiary alicyclic amines) is 1. The van der Waals surface area contributed by atoms with E-state index in [9.17, 15) is 9.59 Å². The number of nitrogens with zero attached hydrogens (tertiary/aromatic N) is 2. The average Bonchev–Trinajstić information content (AvgIpc) is 2.90. The molecule has 0 aromatic heterocycles. The van der Waals surface area contributed by atoms with E-state index in [1.54, 1.807) is 38.4 Å². The second-order valence-electron chi connectivity index (χ2n) is 5.19. The van der Waals surface area contributed by atoms with Gasteiger partial charge in [0, 0.05) is 25.2 Å². The summed E-state index contributed by atoms with van der Waals surface area (Å²) in [6.07, 6.45) is 2.35. The van der Waals surface area contributed by atoms with E-state index >= 15 is 0 Å². The molecule has 0 N–H and O–H groups in total. The summed E-state index contributed by atoms with van der Waals surface area (Å²) < 4.78 is 0. The van der Waals surface area contributed by atoms with E-state index in [-0.39, 0.29) is 11.7 Å². The second kappa shape index (κ2) is 5.97. The van der Waals surface area contributed by atoms with Crippen molar-refractivity contribution in [1.82, 2.24) is 9.80 Å². The Bertz CT molecular complexity index is 477. The third-order valence-corrected chi connectivity index (χ3v) is 3.40. The fourth-order valence-corrected chi connectivity index (χ4v) is 2.32. The Labute approximate surface area is 114 Å². The molecule has 1 saturated heterocycles. The molecule has 1 aromatic rings. The maximum Gasteiger partial charge on any atom is 0.253 e. The molecule has 1 amide bonds. The third-order valence-electron chi connectivity index (χ3n) is 3.40. The molecule has 19 heavy (non-hydrogen) atoms. The van der Waals surface area contributed by atoms with Gasteiger partial charge in [-0.1, -0.05) is 12.1 Å². The van der Waals surface area contributed by atoms with Gasteiger partial charge in [0.15, 0.2) is 5.78 Å². The number of hydrogen-bond donors (Lipinski definition) is 0. The van der Waals surface area contributed by atoms with Crippen molar-refractivity contribution < 1.29 is 9.59 Å². The van der Waals surface area contributed by atoms with Crippen molar-refractivity contribution in [2.24, 2.45) is 0 Å². The Morgan fingerprint density at radius 1 is 1.16 bits per heavy atom. The maximum absolute atomic E-state index is 12.2. The molecule has 4 nitrogen and oxygen atoms in total. The highest BCUT2D eigenvalue weighted by Gasteiger charge is 2.17. The lowest BCUT2D eigenvalue weighted by Gasteiger charge is -2.14. The van der Waals surface area contributed by atoms with Crippen molar-refractivity contribution in [3.8, 4) is 0 Å². The summed E-state index contributed by atoms with van der Waals surface area (Å²) in [5.41, 5.74) is 1.19. The normalized spacial score (nSPS) is 15.5. The van der Waals surface area contributed by atoms with E-state index in [0.29, 0.717) is 17.7 Å². The fourth-order valence-electron chi connectivity index (χ4n) is 2.32. The standard InChI is InChI=1S/C15H20N2O2/c1-16(2)15(19)13-7-5-6-12(10-13)14(18)11-17-8-3-4-9-17/h5-7,10H,3-4,8-9,11H2,1-2H3. The van der Waals surface area contributed by atoms with Crippen LogP contribution in [0.4, 0.5) is 0 Å². The Morgan fingerprint density at radius 2 is 1.79 bits per heavy atom. The molecule has 1 fully saturated rings. The summed E-state index contributed by atoms with van der Waals surface area (Å²) in [4.78, 5) is 27.7. The third kappa shape index (κ3) is 3.41. The molecule has 0 saturated carbocycles. The predicted molar refractivity (Wildman–Crippen MR) is 74.5 cm³/mol. The van der Waals surface area contributed by atoms with Crippen molar-refractivity contribution in [1.29, 1.82) is 0 Å². The van der Waals surface area contributed by atoms with Gasteiger partial charge in [-0.2, -0.15) is 0 Å². The first-order chi connectivity index (χ1) is 9.08. The molecule has 1 aliphatic heterocycles. The van der Waals surface area contributed by atoms with Gasteiger partial charge in [0.05, 0.1) is 6.54 Å². The number of ketones is 1. The van der Waals surface area contributed by atoms with Gasteiger partial charge in [-0.25, -0.2) is 0 Å². The van der Waals surface area contributed by atoms with Gasteiger partial charge >= 0.3 is 0 Å². The van der Waals surface area contributed by atoms with Crippen LogP contribution in [0.1, 0.15) is 33.6 Å². The van der Waals surface area contributed by atoms with E-state index < -0.39 is 0 Å². The first-order valence-electron chi connectivity index (χ1n) is 6.65. The van der Waals surface area contributed by atoms with Crippen LogP contribution >= 0.6 is 0 Å². The molecular weight excluding hydrogens is 240 g/mol. The minimum absolute atomic E-state index is 0.0733. The number of rotatable bonds is 4. The van der Waals surface area contributed by atoms with Crippen LogP contribution in [0.2, 0.25) is 0 Å². The van der Waals surface area contributed by atoms with E-state index in [2.05, 4.69) is 4.90 Å². The van der Waals surface area contributed by atoms with Crippen molar-refractivity contribution in [2.45, 2.75) is 12.8 Å². The zero-order valence-electron chi connectivity index (χ0n) is 11.6. The van der Waals surface area contributed by atoms with Gasteiger partial charge in [0.2, 0.25) is 0 Å². The monoisotopic (exact) mass is 260 g/mol. The SMILES string of the molecule is CN(C)C(=O)c1cccc(C(=O)CN2CCCC2)c1. The summed E-state index contributed by atoms with van der Waals surface area (Å²) >= 11 is 0. The molecule has 2 rings (SSSR count). The number of hydrogen-bond acceptors (Lipinski definition) is 3. The molecule has 1 heterocycles. The van der Waals surface area contributed by atoms with Gasteiger partial charge in [0.25, 0.3) is 5.91 Å². The highest BCUT2D eigenvalue weighted by Crippen LogP contribution is 2.11. The van der Waals surface area contributed by atoms with Gasteiger partial charge in [-0.3, -0.25) is 14.5 Å². The van der Waals surface area contributed by atoms with Crippen molar-refractivity contribution >= 4 is 11.7 Å². The average molecular weight is 260 g/mol. The topological polar surface area (TPSA) is 40.6 Å². The maximum atomic E-state index is 12.2. The highest BCUT2D eigenvalue weighted by atomic mass is 16.2. The molecule has 0 unspecified atom stereocenters. The summed E-state index contributed by atoms with van der Waals surface area (Å²) in [7, 11) is 3.42. The number of amides is 1. The molecule has 0 atom stereocenters. The molecule has 1 aromatic carbocycles. The molecular formula is C15H20N2O2. The molecule has 1 aliphatic rings. The minimum atomic E-state index is -0.0733. The first-order valence-corrected chi connectivity index (χ1v) is 6.65. The van der Waals surface area contributed by atoms with Crippen LogP contribution in [-0.2, 0) is 0 Å². The van der Waals surface area contributed by atoms with E-state index in [1.165, 1.54) is 17.7 Å². The zero-order chi connectivity index (χ0) is 13.8. The predicted octanol–water partition coefficient (Wildman–Crippen LogP) is 1.67. The highest BCUT2D eigenvalue weighted by molar-refractivity contribution is 6.01. The number of carbonyl (C=O) groups is 2. The smallest absolute Gasteiger partial charge is 0.253 e. The van der Waals surface area contributed by atoms with Gasteiger partial charge in [-0.05, 0) is 38.1 Å². The van der Waals surface area contributed by atoms with Gasteiger partial charge in [0.1, 0.15) is 0 Å². The molecule has 4 heteroatoms. The zero-order valence-corrected chi connectivity index (χ0v) is 11.6. The fraction of sp³-hybridized carbons (Fsp3) is 0.467. The summed E-state index contributed by atoms with van der Waals surface area (Å²) in [5, 5.41) is 0. The largest absolute Gasteiger partial charge is 0.345 e. The first kappa shape index (κ1) is 13.7. The lowest BCUT2D eigenvalue weighted by Crippen LogP contribution is -2.27. The van der Waals surface area contributed by atoms with Gasteiger partial charge in [-0.15, -0.1) is 0 Å². The number of benzene rings is 1. The summed E-state index contributed by atoms with van der Waals surface area (Å²) in [6, 6.07) is 6.99. The van der Waals surface area contributed by atoms with Crippen LogP contribution in [0, 0.1) is 0 Å². The molecule has 102 valence electrons. The molecule has 0 bridgehead atoms. The van der Waals surface area contributed by atoms with Crippen LogP contribution in [0.5, 0.6) is 0 Å². The quantitative estimate of drug-likeness (QED) is 0.773. The van der Waals surface area contributed by atoms with Crippen LogP contribution in [0.25, 0.3) is 0 Å². The molecule has 0 radical (unpaired) electrons. The lowest BCUT2D eigenvalue weighted by molar-refractivity contribution is 0.0827. The van der Waals surface area contributed by atoms with Crippen molar-refractivity contribution in [2.75, 3.05) is 33.7 Å². The Kier molecular flexibility index (Phi) is 4.32. The lowest BCUT2D eigenvalue weighted by atomic mass is 10.1. The van der Waals surface area contributed by atoms with Crippen LogP contribution < -0.4 is 0 Å². The minimum Gasteiger partial charge on any atom is -0.345 e. The Balaban J connectivity index is 2.09. The van der Waals surface area contributed by atoms with E-state index in [1.807, 2.05) is 0 Å². The number of carbonyl (C=O) groups excluding carboxylic acids is 2. The van der Waals surface area contributed by atoms with Crippen molar-refractivity contribution in [3.63, 3.8) is 0 Å². The van der Waals surface area contributed by atoms with Gasteiger partial charge < -0.3 is 4.90 Å². The van der Waals surface area contributed by atoms with Crippen molar-refractivity contribution in [3.05, 3.63) is 35.4 Å². The van der Waals surface area contributed by atoms with Crippen LogP contribution in [0.3, 0.4) is 0 Å².